The molecule has 7 nitrogen and oxygen atoms in total. The summed E-state index contributed by atoms with van der Waals surface area (Å²) in [5.41, 5.74) is -0.772. The minimum Gasteiger partial charge on any atom is -0.444 e. The van der Waals surface area contributed by atoms with Crippen LogP contribution in [0.4, 0.5) is 4.79 Å². The topological polar surface area (TPSA) is 70.2 Å². The second-order valence-electron chi connectivity index (χ2n) is 6.86. The van der Waals surface area contributed by atoms with Gasteiger partial charge in [0, 0.05) is 19.6 Å². The van der Waals surface area contributed by atoms with Crippen LogP contribution in [0, 0.1) is 0 Å². The van der Waals surface area contributed by atoms with Gasteiger partial charge in [-0.25, -0.2) is 4.79 Å². The van der Waals surface area contributed by atoms with Crippen molar-refractivity contribution in [2.75, 3.05) is 39.8 Å². The average molecular weight is 297 g/mol. The van der Waals surface area contributed by atoms with Gasteiger partial charge in [0.15, 0.2) is 0 Å². The maximum Gasteiger partial charge on any atom is 0.410 e. The van der Waals surface area contributed by atoms with Gasteiger partial charge in [-0.15, -0.1) is 0 Å². The van der Waals surface area contributed by atoms with Crippen molar-refractivity contribution < 1.29 is 19.1 Å². The van der Waals surface area contributed by atoms with Gasteiger partial charge in [0.25, 0.3) is 0 Å². The molecule has 0 aliphatic carbocycles. The lowest BCUT2D eigenvalue weighted by atomic mass is 9.85. The van der Waals surface area contributed by atoms with Crippen LogP contribution in [-0.2, 0) is 14.3 Å². The van der Waals surface area contributed by atoms with Crippen LogP contribution in [0.5, 0.6) is 0 Å². The van der Waals surface area contributed by atoms with Crippen LogP contribution in [0.25, 0.3) is 0 Å². The summed E-state index contributed by atoms with van der Waals surface area (Å²) in [5, 5.41) is 0. The molecule has 0 N–H and O–H groups in total. The number of nitrogens with zero attached hydrogens (tertiary/aromatic N) is 3. The monoisotopic (exact) mass is 297 g/mol. The van der Waals surface area contributed by atoms with Crippen molar-refractivity contribution >= 4 is 18.3 Å². The molecule has 0 aromatic heterocycles. The Morgan fingerprint density at radius 1 is 1.33 bits per heavy atom. The van der Waals surface area contributed by atoms with Gasteiger partial charge in [0.2, 0.25) is 5.91 Å². The van der Waals surface area contributed by atoms with Crippen LogP contribution in [0.1, 0.15) is 20.8 Å². The van der Waals surface area contributed by atoms with Gasteiger partial charge in [0.05, 0.1) is 18.6 Å². The van der Waals surface area contributed by atoms with E-state index in [1.54, 1.807) is 9.80 Å². The van der Waals surface area contributed by atoms with E-state index >= 15 is 0 Å². The van der Waals surface area contributed by atoms with E-state index in [0.717, 1.165) is 6.29 Å². The van der Waals surface area contributed by atoms with E-state index in [4.69, 9.17) is 4.74 Å². The molecule has 7 heteroatoms. The zero-order valence-corrected chi connectivity index (χ0v) is 13.1. The van der Waals surface area contributed by atoms with Crippen molar-refractivity contribution in [2.45, 2.75) is 31.9 Å². The zero-order chi connectivity index (χ0) is 15.8. The van der Waals surface area contributed by atoms with Gasteiger partial charge in [-0.1, -0.05) is 0 Å². The molecule has 2 fully saturated rings. The smallest absolute Gasteiger partial charge is 0.410 e. The van der Waals surface area contributed by atoms with Gasteiger partial charge >= 0.3 is 6.09 Å². The quantitative estimate of drug-likeness (QED) is 0.668. The van der Waals surface area contributed by atoms with Gasteiger partial charge in [0.1, 0.15) is 11.9 Å². The van der Waals surface area contributed by atoms with E-state index in [1.165, 1.54) is 0 Å². The van der Waals surface area contributed by atoms with Crippen molar-refractivity contribution in [1.82, 2.24) is 14.7 Å². The molecule has 2 rings (SSSR count). The lowest BCUT2D eigenvalue weighted by Crippen LogP contribution is -2.77. The highest BCUT2D eigenvalue weighted by molar-refractivity contribution is 5.82. The number of carbonyl (C=O) groups is 3. The van der Waals surface area contributed by atoms with E-state index in [9.17, 15) is 14.4 Å². The number of rotatable bonds is 2. The Labute approximate surface area is 124 Å². The van der Waals surface area contributed by atoms with Crippen molar-refractivity contribution in [2.24, 2.45) is 0 Å². The summed E-state index contributed by atoms with van der Waals surface area (Å²) in [6, 6.07) is 0. The van der Waals surface area contributed by atoms with E-state index in [1.807, 2.05) is 32.7 Å². The number of hydrogen-bond acceptors (Lipinski definition) is 5. The third-order valence-corrected chi connectivity index (χ3v) is 3.94. The first kappa shape index (κ1) is 15.8. The molecule has 0 radical (unpaired) electrons. The first-order chi connectivity index (χ1) is 9.67. The third-order valence-electron chi connectivity index (χ3n) is 3.94. The van der Waals surface area contributed by atoms with Crippen molar-refractivity contribution in [3.05, 3.63) is 0 Å². The second-order valence-corrected chi connectivity index (χ2v) is 6.86. The molecule has 2 heterocycles. The molecule has 0 bridgehead atoms. The van der Waals surface area contributed by atoms with Crippen LogP contribution >= 0.6 is 0 Å². The fourth-order valence-electron chi connectivity index (χ4n) is 2.75. The highest BCUT2D eigenvalue weighted by atomic mass is 16.6. The fourth-order valence-corrected chi connectivity index (χ4v) is 2.75. The zero-order valence-electron chi connectivity index (χ0n) is 13.1. The Balaban J connectivity index is 1.98. The van der Waals surface area contributed by atoms with Crippen LogP contribution in [0.2, 0.25) is 0 Å². The predicted molar refractivity (Wildman–Crippen MR) is 75.8 cm³/mol. The van der Waals surface area contributed by atoms with Gasteiger partial charge in [-0.3, -0.25) is 9.69 Å². The Hall–Kier alpha value is -1.63. The Morgan fingerprint density at radius 3 is 2.48 bits per heavy atom. The number of hydrogen-bond donors (Lipinski definition) is 0. The summed E-state index contributed by atoms with van der Waals surface area (Å²) in [6.07, 6.45) is 0.404. The largest absolute Gasteiger partial charge is 0.444 e. The highest BCUT2D eigenvalue weighted by Crippen LogP contribution is 2.32. The minimum absolute atomic E-state index is 0.0501. The predicted octanol–water partition coefficient (Wildman–Crippen LogP) is -0.0512. The highest BCUT2D eigenvalue weighted by Gasteiger charge is 2.53. The van der Waals surface area contributed by atoms with Crippen molar-refractivity contribution in [1.29, 1.82) is 0 Å². The number of amides is 2. The van der Waals surface area contributed by atoms with Crippen LogP contribution in [0.3, 0.4) is 0 Å². The molecule has 2 amide bonds. The molecular formula is C14H23N3O4. The SMILES string of the molecule is CN1CC(=O)N(CC=O)CC12CN(C(=O)OC(C)(C)C)C2. The lowest BCUT2D eigenvalue weighted by molar-refractivity contribution is -0.152. The molecule has 2 aliphatic rings. The number of aldehydes is 1. The van der Waals surface area contributed by atoms with Crippen LogP contribution in [0.15, 0.2) is 0 Å². The van der Waals surface area contributed by atoms with Crippen molar-refractivity contribution in [3.63, 3.8) is 0 Å². The minimum atomic E-state index is -0.516. The molecule has 2 saturated heterocycles. The number of carbonyl (C=O) groups excluding carboxylic acids is 3. The summed E-state index contributed by atoms with van der Waals surface area (Å²) in [4.78, 5) is 39.7. The Bertz CT molecular complexity index is 452. The number of piperazine rings is 1. The summed E-state index contributed by atoms with van der Waals surface area (Å²) in [5.74, 6) is -0.0501. The van der Waals surface area contributed by atoms with E-state index in [0.29, 0.717) is 19.6 Å². The second kappa shape index (κ2) is 5.29. The molecule has 1 spiro atoms. The average Bonchev–Trinajstić information content (AvgIpc) is 2.27. The molecule has 0 atom stereocenters. The molecule has 0 aromatic rings. The molecular weight excluding hydrogens is 274 g/mol. The maximum atomic E-state index is 12.0. The van der Waals surface area contributed by atoms with E-state index < -0.39 is 5.60 Å². The normalized spacial score (nSPS) is 22.2. The number of ether oxygens (including phenoxy) is 1. The van der Waals surface area contributed by atoms with E-state index in [-0.39, 0.29) is 30.6 Å². The molecule has 2 aliphatic heterocycles. The Kier molecular flexibility index (Phi) is 3.97. The van der Waals surface area contributed by atoms with Crippen LogP contribution < -0.4 is 0 Å². The molecule has 0 saturated carbocycles. The molecule has 118 valence electrons. The lowest BCUT2D eigenvalue weighted by Gasteiger charge is -2.58. The number of likely N-dealkylation sites (tertiary alicyclic amines) is 1. The molecule has 0 unspecified atom stereocenters. The maximum absolute atomic E-state index is 12.0. The third kappa shape index (κ3) is 3.18. The summed E-state index contributed by atoms with van der Waals surface area (Å²) < 4.78 is 5.34. The van der Waals surface area contributed by atoms with Crippen molar-refractivity contribution in [3.8, 4) is 0 Å². The first-order valence-electron chi connectivity index (χ1n) is 7.07. The summed E-state index contributed by atoms with van der Waals surface area (Å²) in [6.45, 7) is 7.38. The summed E-state index contributed by atoms with van der Waals surface area (Å²) >= 11 is 0. The standard InChI is InChI=1S/C14H23N3O4/c1-13(2,3)21-12(20)17-9-14(10-17)8-16(5-6-18)11(19)7-15(14)4/h6H,5,7-10H2,1-4H3. The van der Waals surface area contributed by atoms with Gasteiger partial charge in [-0.2, -0.15) is 0 Å². The fraction of sp³-hybridized carbons (Fsp3) is 0.786. The Morgan fingerprint density at radius 2 is 1.95 bits per heavy atom. The van der Waals surface area contributed by atoms with Gasteiger partial charge in [-0.05, 0) is 27.8 Å². The molecule has 21 heavy (non-hydrogen) atoms. The molecule has 0 aromatic carbocycles. The first-order valence-corrected chi connectivity index (χ1v) is 7.07. The van der Waals surface area contributed by atoms with Crippen LogP contribution in [-0.4, -0.2) is 83.9 Å². The number of likely N-dealkylation sites (N-methyl/N-ethyl adjacent to an activating group) is 1. The summed E-state index contributed by atoms with van der Waals surface area (Å²) in [7, 11) is 1.88. The van der Waals surface area contributed by atoms with E-state index in [2.05, 4.69) is 0 Å². The van der Waals surface area contributed by atoms with Gasteiger partial charge < -0.3 is 19.3 Å².